The van der Waals surface area contributed by atoms with Gasteiger partial charge in [-0.1, -0.05) is 25.1 Å². The number of aromatic nitrogens is 1. The average molecular weight is 423 g/mol. The quantitative estimate of drug-likeness (QED) is 0.520. The number of nitrogens with one attached hydrogen (secondary N) is 2. The van der Waals surface area contributed by atoms with Gasteiger partial charge >= 0.3 is 0 Å². The number of fused-ring (bicyclic) bond motifs is 1. The highest BCUT2D eigenvalue weighted by molar-refractivity contribution is 8.00. The van der Waals surface area contributed by atoms with Crippen LogP contribution in [-0.4, -0.2) is 22.0 Å². The van der Waals surface area contributed by atoms with Crippen molar-refractivity contribution in [1.82, 2.24) is 4.98 Å². The van der Waals surface area contributed by atoms with Gasteiger partial charge in [-0.25, -0.2) is 4.98 Å². The zero-order valence-electron chi connectivity index (χ0n) is 17.3. The summed E-state index contributed by atoms with van der Waals surface area (Å²) in [6.45, 7) is 3.40. The van der Waals surface area contributed by atoms with Crippen LogP contribution in [-0.2, 0) is 22.4 Å². The van der Waals surface area contributed by atoms with Crippen molar-refractivity contribution in [3.05, 3.63) is 47.2 Å². The van der Waals surface area contributed by atoms with E-state index in [9.17, 15) is 14.9 Å². The summed E-state index contributed by atoms with van der Waals surface area (Å²) < 4.78 is 0. The average Bonchev–Trinajstić information content (AvgIpc) is 2.97. The lowest BCUT2D eigenvalue weighted by Crippen LogP contribution is -2.25. The van der Waals surface area contributed by atoms with Crippen LogP contribution >= 0.6 is 11.8 Å². The van der Waals surface area contributed by atoms with Crippen LogP contribution in [0.5, 0.6) is 0 Å². The van der Waals surface area contributed by atoms with Crippen LogP contribution in [0.2, 0.25) is 0 Å². The predicted molar refractivity (Wildman–Crippen MR) is 120 cm³/mol. The minimum Gasteiger partial charge on any atom is -0.326 e. The van der Waals surface area contributed by atoms with Crippen LogP contribution in [0.25, 0.3) is 0 Å². The Bertz CT molecular complexity index is 966. The van der Waals surface area contributed by atoms with Gasteiger partial charge in [0.1, 0.15) is 11.1 Å². The van der Waals surface area contributed by atoms with Crippen LogP contribution < -0.4 is 10.6 Å². The van der Waals surface area contributed by atoms with Gasteiger partial charge in [0, 0.05) is 24.0 Å². The fraction of sp³-hybridized carbons (Fsp3) is 0.391. The van der Waals surface area contributed by atoms with E-state index in [-0.39, 0.29) is 17.1 Å². The molecule has 2 N–H and O–H groups in total. The van der Waals surface area contributed by atoms with Gasteiger partial charge in [-0.15, -0.1) is 0 Å². The lowest BCUT2D eigenvalue weighted by Gasteiger charge is -2.16. The Balaban J connectivity index is 1.73. The number of benzene rings is 1. The molecule has 6 nitrogen and oxygen atoms in total. The van der Waals surface area contributed by atoms with Crippen molar-refractivity contribution in [2.45, 2.75) is 62.6 Å². The van der Waals surface area contributed by atoms with Gasteiger partial charge < -0.3 is 10.6 Å². The lowest BCUT2D eigenvalue weighted by atomic mass is 10.1. The van der Waals surface area contributed by atoms with Gasteiger partial charge in [0.15, 0.2) is 0 Å². The third-order valence-electron chi connectivity index (χ3n) is 5.03. The molecule has 0 spiro atoms. The molecule has 0 radical (unpaired) electrons. The first-order valence-corrected chi connectivity index (χ1v) is 11.2. The molecule has 1 aliphatic carbocycles. The number of carbonyl (C=O) groups is 2. The number of hydrogen-bond acceptors (Lipinski definition) is 5. The van der Waals surface area contributed by atoms with Crippen molar-refractivity contribution >= 4 is 35.0 Å². The molecular weight excluding hydrogens is 396 g/mol. The molecule has 1 heterocycles. The van der Waals surface area contributed by atoms with Crippen molar-refractivity contribution in [2.75, 3.05) is 10.6 Å². The maximum atomic E-state index is 12.8. The van der Waals surface area contributed by atoms with Crippen molar-refractivity contribution in [3.63, 3.8) is 0 Å². The molecule has 1 aromatic heterocycles. The van der Waals surface area contributed by atoms with Crippen LogP contribution in [0, 0.1) is 11.3 Å². The minimum absolute atomic E-state index is 0.129. The van der Waals surface area contributed by atoms with Crippen LogP contribution in [0.4, 0.5) is 11.4 Å². The zero-order valence-corrected chi connectivity index (χ0v) is 18.1. The van der Waals surface area contributed by atoms with Crippen LogP contribution in [0.15, 0.2) is 35.4 Å². The monoisotopic (exact) mass is 422 g/mol. The first-order chi connectivity index (χ1) is 14.5. The normalized spacial score (nSPS) is 14.0. The smallest absolute Gasteiger partial charge is 0.237 e. The fourth-order valence-corrected chi connectivity index (χ4v) is 4.48. The SMILES string of the molecule is CCC(Sc1nc2c(cc1C#N)CCCCC2)C(=O)Nc1ccc(NC(C)=O)cc1. The molecule has 3 rings (SSSR count). The van der Waals surface area contributed by atoms with Gasteiger partial charge in [-0.05, 0) is 68.0 Å². The topological polar surface area (TPSA) is 94.9 Å². The summed E-state index contributed by atoms with van der Waals surface area (Å²) >= 11 is 1.36. The number of rotatable bonds is 6. The molecule has 156 valence electrons. The van der Waals surface area contributed by atoms with Gasteiger partial charge in [0.2, 0.25) is 11.8 Å². The first kappa shape index (κ1) is 21.8. The third-order valence-corrected chi connectivity index (χ3v) is 6.39. The summed E-state index contributed by atoms with van der Waals surface area (Å²) in [5.74, 6) is -0.272. The van der Waals surface area contributed by atoms with Crippen molar-refractivity contribution in [3.8, 4) is 6.07 Å². The minimum atomic E-state index is -0.358. The highest BCUT2D eigenvalue weighted by Crippen LogP contribution is 2.31. The Morgan fingerprint density at radius 2 is 1.80 bits per heavy atom. The number of aryl methyl sites for hydroxylation is 2. The first-order valence-electron chi connectivity index (χ1n) is 10.3. The molecule has 0 fully saturated rings. The molecule has 1 unspecified atom stereocenters. The van der Waals surface area contributed by atoms with Crippen molar-refractivity contribution in [2.24, 2.45) is 0 Å². The van der Waals surface area contributed by atoms with E-state index < -0.39 is 0 Å². The molecule has 1 aromatic carbocycles. The van der Waals surface area contributed by atoms with E-state index >= 15 is 0 Å². The van der Waals surface area contributed by atoms with E-state index in [1.54, 1.807) is 24.3 Å². The number of thioether (sulfide) groups is 1. The standard InChI is InChI=1S/C23H26N4O2S/c1-3-21(22(29)26-19-11-9-18(10-12-19)25-15(2)28)30-23-17(14-24)13-16-7-5-4-6-8-20(16)27-23/h9-13,21H,3-8H2,1-2H3,(H,25,28)(H,26,29). The molecule has 0 bridgehead atoms. The summed E-state index contributed by atoms with van der Waals surface area (Å²) in [6, 6.07) is 11.2. The summed E-state index contributed by atoms with van der Waals surface area (Å²) in [7, 11) is 0. The Hall–Kier alpha value is -2.85. The molecule has 0 saturated carbocycles. The molecule has 2 aromatic rings. The van der Waals surface area contributed by atoms with Crippen molar-refractivity contribution < 1.29 is 9.59 Å². The van der Waals surface area contributed by atoms with Crippen LogP contribution in [0.3, 0.4) is 0 Å². The highest BCUT2D eigenvalue weighted by atomic mass is 32.2. The summed E-state index contributed by atoms with van der Waals surface area (Å²) in [6.07, 6.45) is 5.94. The summed E-state index contributed by atoms with van der Waals surface area (Å²) in [4.78, 5) is 28.7. The van der Waals surface area contributed by atoms with Gasteiger partial charge in [-0.3, -0.25) is 9.59 Å². The van der Waals surface area contributed by atoms with E-state index in [1.807, 2.05) is 13.0 Å². The second kappa shape index (κ2) is 10.3. The maximum absolute atomic E-state index is 12.8. The fourth-order valence-electron chi connectivity index (χ4n) is 3.48. The lowest BCUT2D eigenvalue weighted by molar-refractivity contribution is -0.116. The molecule has 2 amide bonds. The molecule has 30 heavy (non-hydrogen) atoms. The molecule has 1 aliphatic rings. The van der Waals surface area contributed by atoms with Gasteiger partial charge in [-0.2, -0.15) is 5.26 Å². The number of anilines is 2. The van der Waals surface area contributed by atoms with Gasteiger partial charge in [0.05, 0.1) is 10.8 Å². The van der Waals surface area contributed by atoms with Crippen LogP contribution in [0.1, 0.15) is 56.4 Å². The number of hydrogen-bond donors (Lipinski definition) is 2. The highest BCUT2D eigenvalue weighted by Gasteiger charge is 2.22. The number of amides is 2. The summed E-state index contributed by atoms with van der Waals surface area (Å²) in [5.41, 5.74) is 4.12. The van der Waals surface area contributed by atoms with Crippen molar-refractivity contribution in [1.29, 1.82) is 5.26 Å². The van der Waals surface area contributed by atoms with E-state index in [1.165, 1.54) is 30.7 Å². The second-order valence-corrected chi connectivity index (χ2v) is 8.57. The molecule has 0 saturated heterocycles. The zero-order chi connectivity index (χ0) is 21.5. The third kappa shape index (κ3) is 5.61. The number of carbonyl (C=O) groups excluding carboxylic acids is 2. The Morgan fingerprint density at radius 1 is 1.13 bits per heavy atom. The molecule has 1 atom stereocenters. The Kier molecular flexibility index (Phi) is 7.47. The Labute approximate surface area is 181 Å². The van der Waals surface area contributed by atoms with E-state index in [2.05, 4.69) is 16.7 Å². The number of pyridine rings is 1. The number of nitrogens with zero attached hydrogens (tertiary/aromatic N) is 2. The Morgan fingerprint density at radius 3 is 2.43 bits per heavy atom. The molecule has 7 heteroatoms. The van der Waals surface area contributed by atoms with Gasteiger partial charge in [0.25, 0.3) is 0 Å². The van der Waals surface area contributed by atoms with E-state index in [4.69, 9.17) is 4.98 Å². The number of nitriles is 1. The van der Waals surface area contributed by atoms with E-state index in [0.29, 0.717) is 28.4 Å². The maximum Gasteiger partial charge on any atom is 0.237 e. The summed E-state index contributed by atoms with van der Waals surface area (Å²) in [5, 5.41) is 15.5. The molecule has 0 aliphatic heterocycles. The second-order valence-electron chi connectivity index (χ2n) is 7.38. The van der Waals surface area contributed by atoms with E-state index in [0.717, 1.165) is 31.4 Å². The molecular formula is C23H26N4O2S. The predicted octanol–water partition coefficient (Wildman–Crippen LogP) is 4.69. The largest absolute Gasteiger partial charge is 0.326 e.